The van der Waals surface area contributed by atoms with E-state index < -0.39 is 30.1 Å². The summed E-state index contributed by atoms with van der Waals surface area (Å²) in [6, 6.07) is 4.17. The van der Waals surface area contributed by atoms with E-state index in [-0.39, 0.29) is 23.7 Å². The van der Waals surface area contributed by atoms with Gasteiger partial charge in [-0.2, -0.15) is 18.4 Å². The minimum absolute atomic E-state index is 0.0827. The van der Waals surface area contributed by atoms with E-state index in [1.165, 1.54) is 17.0 Å². The lowest BCUT2D eigenvalue weighted by Crippen LogP contribution is -2.49. The molecule has 1 aliphatic rings. The zero-order valence-corrected chi connectivity index (χ0v) is 12.1. The molecule has 1 heterocycles. The number of aliphatic hydroxyl groups excluding tert-OH is 1. The van der Waals surface area contributed by atoms with E-state index in [4.69, 9.17) is 5.26 Å². The van der Waals surface area contributed by atoms with Crippen molar-refractivity contribution in [2.24, 2.45) is 11.8 Å². The van der Waals surface area contributed by atoms with Crippen LogP contribution in [0, 0.1) is 29.0 Å². The van der Waals surface area contributed by atoms with Crippen LogP contribution in [0.3, 0.4) is 0 Å². The van der Waals surface area contributed by atoms with E-state index >= 15 is 0 Å². The highest BCUT2D eigenvalue weighted by Crippen LogP contribution is 2.39. The summed E-state index contributed by atoms with van der Waals surface area (Å²) in [5.41, 5.74) is 0.0676. The molecule has 1 N–H and O–H groups in total. The fraction of sp³-hybridized carbons (Fsp3) is 0.533. The molecule has 0 amide bonds. The Hall–Kier alpha value is -1.81. The minimum Gasteiger partial charge on any atom is -0.382 e. The second kappa shape index (κ2) is 5.76. The molecule has 0 spiro atoms. The molecule has 3 nitrogen and oxygen atoms in total. The number of alkyl halides is 3. The van der Waals surface area contributed by atoms with Crippen LogP contribution in [0.2, 0.25) is 0 Å². The molecule has 22 heavy (non-hydrogen) atoms. The summed E-state index contributed by atoms with van der Waals surface area (Å²) >= 11 is 0. The Bertz CT molecular complexity index is 596. The van der Waals surface area contributed by atoms with Gasteiger partial charge in [-0.15, -0.1) is 0 Å². The van der Waals surface area contributed by atoms with Crippen molar-refractivity contribution in [3.8, 4) is 6.07 Å². The number of anilines is 1. The highest BCUT2D eigenvalue weighted by atomic mass is 19.4. The van der Waals surface area contributed by atoms with Crippen molar-refractivity contribution >= 4 is 5.69 Å². The van der Waals surface area contributed by atoms with Crippen LogP contribution in [-0.4, -0.2) is 30.0 Å². The summed E-state index contributed by atoms with van der Waals surface area (Å²) in [5.74, 6) is -1.27. The lowest BCUT2D eigenvalue weighted by molar-refractivity contribution is -0.211. The third kappa shape index (κ3) is 2.88. The molecule has 0 aromatic heterocycles. The van der Waals surface area contributed by atoms with Crippen LogP contribution in [0.4, 0.5) is 23.2 Å². The zero-order valence-electron chi connectivity index (χ0n) is 12.1. The maximum Gasteiger partial charge on any atom is 0.416 e. The molecule has 1 aliphatic heterocycles. The Labute approximate surface area is 125 Å². The Kier molecular flexibility index (Phi) is 4.34. The SMILES string of the molecule is C[C@@H]1[C@H]([C@@H](O)C(F)(F)F)N(c2ccc(C#N)c(F)c2)C[C@@H]1C. The highest BCUT2D eigenvalue weighted by molar-refractivity contribution is 5.52. The van der Waals surface area contributed by atoms with Gasteiger partial charge in [0.25, 0.3) is 0 Å². The molecule has 1 aromatic rings. The Morgan fingerprint density at radius 2 is 2.00 bits per heavy atom. The number of halogens is 4. The third-order valence-electron chi connectivity index (χ3n) is 4.34. The van der Waals surface area contributed by atoms with E-state index in [2.05, 4.69) is 0 Å². The standard InChI is InChI=1S/C15H16F4N2O/c1-8-7-21(11-4-3-10(6-20)12(16)5-11)13(9(8)2)14(22)15(17,18)19/h3-5,8-9,13-14,22H,7H2,1-2H3/t8-,9-,13+,14+/m0/s1. The van der Waals surface area contributed by atoms with Gasteiger partial charge in [0.2, 0.25) is 0 Å². The van der Waals surface area contributed by atoms with Crippen molar-refractivity contribution < 1.29 is 22.7 Å². The molecule has 1 aromatic carbocycles. The number of nitrogens with zero attached hydrogens (tertiary/aromatic N) is 2. The summed E-state index contributed by atoms with van der Waals surface area (Å²) < 4.78 is 52.4. The van der Waals surface area contributed by atoms with Crippen LogP contribution in [0.25, 0.3) is 0 Å². The van der Waals surface area contributed by atoms with Crippen molar-refractivity contribution in [2.75, 3.05) is 11.4 Å². The molecule has 2 rings (SSSR count). The van der Waals surface area contributed by atoms with Crippen LogP contribution < -0.4 is 4.90 Å². The molecule has 0 saturated carbocycles. The van der Waals surface area contributed by atoms with Gasteiger partial charge in [0.1, 0.15) is 11.9 Å². The summed E-state index contributed by atoms with van der Waals surface area (Å²) in [7, 11) is 0. The molecular weight excluding hydrogens is 300 g/mol. The van der Waals surface area contributed by atoms with Crippen LogP contribution in [0.1, 0.15) is 19.4 Å². The number of hydrogen-bond donors (Lipinski definition) is 1. The quantitative estimate of drug-likeness (QED) is 0.853. The Balaban J connectivity index is 2.40. The van der Waals surface area contributed by atoms with Gasteiger partial charge in [0.05, 0.1) is 11.6 Å². The van der Waals surface area contributed by atoms with Gasteiger partial charge < -0.3 is 10.0 Å². The van der Waals surface area contributed by atoms with Crippen LogP contribution in [0.15, 0.2) is 18.2 Å². The van der Waals surface area contributed by atoms with Gasteiger partial charge in [-0.25, -0.2) is 4.39 Å². The molecule has 1 saturated heterocycles. The number of nitriles is 1. The van der Waals surface area contributed by atoms with E-state index in [0.29, 0.717) is 0 Å². The molecule has 120 valence electrons. The first-order valence-electron chi connectivity index (χ1n) is 6.88. The van der Waals surface area contributed by atoms with E-state index in [0.717, 1.165) is 6.07 Å². The van der Waals surface area contributed by atoms with Crippen LogP contribution in [-0.2, 0) is 0 Å². The number of hydrogen-bond acceptors (Lipinski definition) is 3. The summed E-state index contributed by atoms with van der Waals surface area (Å²) in [6.45, 7) is 3.72. The van der Waals surface area contributed by atoms with Gasteiger partial charge in [0, 0.05) is 12.2 Å². The molecule has 0 aliphatic carbocycles. The van der Waals surface area contributed by atoms with E-state index in [1.807, 2.05) is 0 Å². The largest absolute Gasteiger partial charge is 0.416 e. The predicted molar refractivity (Wildman–Crippen MR) is 72.6 cm³/mol. The topological polar surface area (TPSA) is 47.3 Å². The van der Waals surface area contributed by atoms with Crippen molar-refractivity contribution in [3.05, 3.63) is 29.6 Å². The molecule has 0 radical (unpaired) electrons. The first-order valence-corrected chi connectivity index (χ1v) is 6.88. The molecule has 7 heteroatoms. The normalized spacial score (nSPS) is 26.8. The van der Waals surface area contributed by atoms with Crippen molar-refractivity contribution in [3.63, 3.8) is 0 Å². The predicted octanol–water partition coefficient (Wildman–Crippen LogP) is 3.08. The second-order valence-corrected chi connectivity index (χ2v) is 5.74. The number of aliphatic hydroxyl groups is 1. The Morgan fingerprint density at radius 1 is 1.36 bits per heavy atom. The molecular formula is C15H16F4N2O. The first kappa shape index (κ1) is 16.6. The third-order valence-corrected chi connectivity index (χ3v) is 4.34. The van der Waals surface area contributed by atoms with Gasteiger partial charge in [-0.05, 0) is 30.0 Å². The second-order valence-electron chi connectivity index (χ2n) is 5.74. The van der Waals surface area contributed by atoms with Gasteiger partial charge >= 0.3 is 6.18 Å². The lowest BCUT2D eigenvalue weighted by Gasteiger charge is -2.33. The summed E-state index contributed by atoms with van der Waals surface area (Å²) in [6.07, 6.45) is -7.25. The van der Waals surface area contributed by atoms with Gasteiger partial charge in [-0.3, -0.25) is 0 Å². The van der Waals surface area contributed by atoms with Gasteiger partial charge in [0.15, 0.2) is 6.10 Å². The fourth-order valence-electron chi connectivity index (χ4n) is 2.92. The smallest absolute Gasteiger partial charge is 0.382 e. The van der Waals surface area contributed by atoms with Crippen LogP contribution >= 0.6 is 0 Å². The molecule has 0 unspecified atom stereocenters. The lowest BCUT2D eigenvalue weighted by atomic mass is 9.90. The van der Waals surface area contributed by atoms with E-state index in [1.54, 1.807) is 19.9 Å². The van der Waals surface area contributed by atoms with Crippen LogP contribution in [0.5, 0.6) is 0 Å². The minimum atomic E-state index is -4.74. The van der Waals surface area contributed by atoms with E-state index in [9.17, 15) is 22.7 Å². The number of rotatable bonds is 2. The first-order chi connectivity index (χ1) is 10.2. The summed E-state index contributed by atoms with van der Waals surface area (Å²) in [5, 5.41) is 18.4. The summed E-state index contributed by atoms with van der Waals surface area (Å²) in [4.78, 5) is 1.37. The monoisotopic (exact) mass is 316 g/mol. The highest BCUT2D eigenvalue weighted by Gasteiger charge is 2.51. The van der Waals surface area contributed by atoms with Crippen molar-refractivity contribution in [2.45, 2.75) is 32.2 Å². The fourth-order valence-corrected chi connectivity index (χ4v) is 2.92. The Morgan fingerprint density at radius 3 is 2.50 bits per heavy atom. The molecule has 1 fully saturated rings. The van der Waals surface area contributed by atoms with Crippen molar-refractivity contribution in [1.82, 2.24) is 0 Å². The van der Waals surface area contributed by atoms with Crippen molar-refractivity contribution in [1.29, 1.82) is 5.26 Å². The number of benzene rings is 1. The maximum absolute atomic E-state index is 13.7. The average molecular weight is 316 g/mol. The maximum atomic E-state index is 13.7. The molecule has 0 bridgehead atoms. The zero-order chi connectivity index (χ0) is 16.7. The molecule has 4 atom stereocenters. The average Bonchev–Trinajstić information content (AvgIpc) is 2.73. The van der Waals surface area contributed by atoms with Gasteiger partial charge in [-0.1, -0.05) is 13.8 Å².